The van der Waals surface area contributed by atoms with Gasteiger partial charge in [0.1, 0.15) is 0 Å². The van der Waals surface area contributed by atoms with Crippen molar-refractivity contribution in [2.75, 3.05) is 0 Å². The summed E-state index contributed by atoms with van der Waals surface area (Å²) in [5.74, 6) is 0. The van der Waals surface area contributed by atoms with Crippen LogP contribution >= 0.6 is 0 Å². The molecule has 1 heterocycles. The van der Waals surface area contributed by atoms with E-state index in [1.165, 1.54) is 0 Å². The molecule has 0 bridgehead atoms. The maximum atomic E-state index is 10.9. The van der Waals surface area contributed by atoms with Crippen LogP contribution in [0.25, 0.3) is 0 Å². The summed E-state index contributed by atoms with van der Waals surface area (Å²) in [5, 5.41) is 0. The second-order valence-corrected chi connectivity index (χ2v) is 5.08. The van der Waals surface area contributed by atoms with Crippen LogP contribution < -0.4 is 0 Å². The minimum Gasteiger partial charge on any atom is -0.179 e. The van der Waals surface area contributed by atoms with Crippen LogP contribution in [0.1, 0.15) is 27.7 Å². The first-order valence-electron chi connectivity index (χ1n) is 3.65. The highest BCUT2D eigenvalue weighted by molar-refractivity contribution is 7.89. The molecule has 0 radical (unpaired) electrons. The van der Waals surface area contributed by atoms with Gasteiger partial charge in [-0.15, -0.1) is 8.80 Å². The Labute approximate surface area is 72.6 Å². The summed E-state index contributed by atoms with van der Waals surface area (Å²) in [7, 11) is -3.55. The van der Waals surface area contributed by atoms with E-state index in [2.05, 4.69) is 8.80 Å². The van der Waals surface area contributed by atoms with Gasteiger partial charge in [-0.3, -0.25) is 0 Å². The SMILES string of the molecule is CC1=NS(=O)(=O)N=C1C(C)(C)C. The Morgan fingerprint density at radius 3 is 1.83 bits per heavy atom. The lowest BCUT2D eigenvalue weighted by Crippen LogP contribution is -2.24. The Morgan fingerprint density at radius 2 is 1.67 bits per heavy atom. The van der Waals surface area contributed by atoms with Crippen molar-refractivity contribution in [1.29, 1.82) is 0 Å². The Balaban J connectivity index is 3.23. The van der Waals surface area contributed by atoms with Crippen molar-refractivity contribution in [3.63, 3.8) is 0 Å². The summed E-state index contributed by atoms with van der Waals surface area (Å²) in [4.78, 5) is 0. The molecule has 1 aliphatic heterocycles. The van der Waals surface area contributed by atoms with Gasteiger partial charge in [0, 0.05) is 5.41 Å². The van der Waals surface area contributed by atoms with Crippen molar-refractivity contribution < 1.29 is 8.42 Å². The van der Waals surface area contributed by atoms with Crippen molar-refractivity contribution in [3.8, 4) is 0 Å². The summed E-state index contributed by atoms with van der Waals surface area (Å²) < 4.78 is 28.9. The maximum Gasteiger partial charge on any atom is 0.363 e. The molecule has 0 unspecified atom stereocenters. The topological polar surface area (TPSA) is 58.9 Å². The first-order valence-corrected chi connectivity index (χ1v) is 5.04. The van der Waals surface area contributed by atoms with Gasteiger partial charge in [0.05, 0.1) is 11.4 Å². The highest BCUT2D eigenvalue weighted by Crippen LogP contribution is 2.22. The van der Waals surface area contributed by atoms with Gasteiger partial charge in [-0.2, -0.15) is 8.42 Å². The van der Waals surface area contributed by atoms with E-state index in [0.717, 1.165) is 0 Å². The molecule has 1 rings (SSSR count). The third-order valence-electron chi connectivity index (χ3n) is 1.51. The Hall–Kier alpha value is -0.710. The summed E-state index contributed by atoms with van der Waals surface area (Å²) in [6, 6.07) is 0. The molecule has 0 aromatic rings. The largest absolute Gasteiger partial charge is 0.363 e. The zero-order valence-corrected chi connectivity index (χ0v) is 8.44. The molecule has 0 amide bonds. The number of hydrogen-bond donors (Lipinski definition) is 0. The van der Waals surface area contributed by atoms with Gasteiger partial charge in [0.15, 0.2) is 0 Å². The quantitative estimate of drug-likeness (QED) is 0.573. The molecular formula is C7H12N2O2S. The van der Waals surface area contributed by atoms with Crippen LogP contribution in [0.5, 0.6) is 0 Å². The zero-order chi connectivity index (χ0) is 9.57. The Morgan fingerprint density at radius 1 is 1.17 bits per heavy atom. The molecule has 1 aliphatic rings. The van der Waals surface area contributed by atoms with Crippen LogP contribution in [-0.2, 0) is 10.2 Å². The minimum atomic E-state index is -3.55. The predicted octanol–water partition coefficient (Wildman–Crippen LogP) is 1.19. The Kier molecular flexibility index (Phi) is 1.87. The van der Waals surface area contributed by atoms with Crippen molar-refractivity contribution in [3.05, 3.63) is 0 Å². The van der Waals surface area contributed by atoms with Crippen LogP contribution in [0.15, 0.2) is 8.80 Å². The predicted molar refractivity (Wildman–Crippen MR) is 48.9 cm³/mol. The van der Waals surface area contributed by atoms with Gasteiger partial charge < -0.3 is 0 Å². The molecule has 12 heavy (non-hydrogen) atoms. The van der Waals surface area contributed by atoms with Crippen molar-refractivity contribution in [2.45, 2.75) is 27.7 Å². The molecule has 5 heteroatoms. The second-order valence-electron chi connectivity index (χ2n) is 3.81. The van der Waals surface area contributed by atoms with E-state index in [9.17, 15) is 8.42 Å². The molecule has 0 fully saturated rings. The van der Waals surface area contributed by atoms with Crippen LogP contribution in [0.3, 0.4) is 0 Å². The molecule has 0 aliphatic carbocycles. The highest BCUT2D eigenvalue weighted by atomic mass is 32.2. The lowest BCUT2D eigenvalue weighted by atomic mass is 9.88. The summed E-state index contributed by atoms with van der Waals surface area (Å²) in [6.07, 6.45) is 0. The first kappa shape index (κ1) is 9.38. The zero-order valence-electron chi connectivity index (χ0n) is 7.62. The average Bonchev–Trinajstić information content (AvgIpc) is 2.03. The van der Waals surface area contributed by atoms with Gasteiger partial charge >= 0.3 is 10.2 Å². The Bertz CT molecular complexity index is 357. The molecule has 0 saturated heterocycles. The molecule has 0 aromatic carbocycles. The lowest BCUT2D eigenvalue weighted by molar-refractivity contribution is 0.590. The van der Waals surface area contributed by atoms with Crippen LogP contribution in [0, 0.1) is 5.41 Å². The minimum absolute atomic E-state index is 0.253. The van der Waals surface area contributed by atoms with E-state index >= 15 is 0 Å². The van der Waals surface area contributed by atoms with Crippen molar-refractivity contribution in [2.24, 2.45) is 14.2 Å². The van der Waals surface area contributed by atoms with Crippen molar-refractivity contribution in [1.82, 2.24) is 0 Å². The fourth-order valence-corrected chi connectivity index (χ4v) is 2.21. The van der Waals surface area contributed by atoms with Gasteiger partial charge in [-0.25, -0.2) is 0 Å². The maximum absolute atomic E-state index is 10.9. The molecule has 4 nitrogen and oxygen atoms in total. The van der Waals surface area contributed by atoms with E-state index in [1.54, 1.807) is 6.92 Å². The fraction of sp³-hybridized carbons (Fsp3) is 0.714. The van der Waals surface area contributed by atoms with E-state index in [4.69, 9.17) is 0 Å². The molecular weight excluding hydrogens is 176 g/mol. The highest BCUT2D eigenvalue weighted by Gasteiger charge is 2.29. The summed E-state index contributed by atoms with van der Waals surface area (Å²) >= 11 is 0. The van der Waals surface area contributed by atoms with Gasteiger partial charge in [0.25, 0.3) is 0 Å². The van der Waals surface area contributed by atoms with Gasteiger partial charge in [-0.05, 0) is 6.92 Å². The number of nitrogens with zero attached hydrogens (tertiary/aromatic N) is 2. The molecule has 0 spiro atoms. The molecule has 0 saturated carbocycles. The third kappa shape index (κ3) is 1.72. The van der Waals surface area contributed by atoms with Gasteiger partial charge in [-0.1, -0.05) is 20.8 Å². The molecule has 0 atom stereocenters. The lowest BCUT2D eigenvalue weighted by Gasteiger charge is -2.16. The van der Waals surface area contributed by atoms with Gasteiger partial charge in [0.2, 0.25) is 0 Å². The average molecular weight is 188 g/mol. The standard InChI is InChI=1S/C7H12N2O2S/c1-5-6(7(2,3)4)9-12(10,11)8-5/h1-4H3. The monoisotopic (exact) mass is 188 g/mol. The van der Waals surface area contributed by atoms with Crippen LogP contribution in [-0.4, -0.2) is 19.8 Å². The van der Waals surface area contributed by atoms with E-state index in [0.29, 0.717) is 11.4 Å². The van der Waals surface area contributed by atoms with E-state index in [-0.39, 0.29) is 5.41 Å². The normalized spacial score (nSPS) is 22.0. The molecule has 0 aromatic heterocycles. The number of rotatable bonds is 0. The second kappa shape index (κ2) is 2.39. The number of hydrogen-bond acceptors (Lipinski definition) is 2. The van der Waals surface area contributed by atoms with Crippen molar-refractivity contribution >= 4 is 21.6 Å². The van der Waals surface area contributed by atoms with E-state index < -0.39 is 10.2 Å². The first-order chi connectivity index (χ1) is 5.22. The smallest absolute Gasteiger partial charge is 0.179 e. The fourth-order valence-electron chi connectivity index (χ4n) is 1.10. The van der Waals surface area contributed by atoms with Crippen LogP contribution in [0.2, 0.25) is 0 Å². The summed E-state index contributed by atoms with van der Waals surface area (Å²) in [6.45, 7) is 7.39. The third-order valence-corrected chi connectivity index (χ3v) is 2.43. The van der Waals surface area contributed by atoms with Crippen LogP contribution in [0.4, 0.5) is 0 Å². The van der Waals surface area contributed by atoms with E-state index in [1.807, 2.05) is 20.8 Å². The molecule has 68 valence electrons. The molecule has 0 N–H and O–H groups in total. The summed E-state index contributed by atoms with van der Waals surface area (Å²) in [5.41, 5.74) is 0.807.